The van der Waals surface area contributed by atoms with Gasteiger partial charge in [-0.1, -0.05) is 0 Å². The third kappa shape index (κ3) is 2.98. The molecule has 0 saturated carbocycles. The average Bonchev–Trinajstić information content (AvgIpc) is 3.11. The van der Waals surface area contributed by atoms with Gasteiger partial charge in [0.2, 0.25) is 5.91 Å². The topological polar surface area (TPSA) is 42.4 Å². The van der Waals surface area contributed by atoms with E-state index in [-0.39, 0.29) is 18.1 Å². The summed E-state index contributed by atoms with van der Waals surface area (Å²) in [6.45, 7) is 1.68. The number of ether oxygens (including phenoxy) is 1. The molecule has 4 nitrogen and oxygen atoms in total. The first kappa shape index (κ1) is 13.1. The summed E-state index contributed by atoms with van der Waals surface area (Å²) in [7, 11) is 0. The highest BCUT2D eigenvalue weighted by molar-refractivity contribution is 7.09. The van der Waals surface area contributed by atoms with Crippen molar-refractivity contribution in [1.82, 2.24) is 9.88 Å². The Hall–Kier alpha value is -0.940. The minimum absolute atomic E-state index is 0.145. The van der Waals surface area contributed by atoms with Gasteiger partial charge in [-0.05, 0) is 32.1 Å². The first-order chi connectivity index (χ1) is 9.34. The maximum Gasteiger partial charge on any atom is 0.225 e. The van der Waals surface area contributed by atoms with Crippen LogP contribution in [0.15, 0.2) is 11.6 Å². The summed E-state index contributed by atoms with van der Waals surface area (Å²) >= 11 is 1.66. The SMILES string of the molecule is O=C(C[C@H]1CCCO1)N1CCCC[C@@H]1c1nccs1. The van der Waals surface area contributed by atoms with E-state index in [9.17, 15) is 4.79 Å². The van der Waals surface area contributed by atoms with Crippen molar-refractivity contribution in [2.75, 3.05) is 13.2 Å². The number of likely N-dealkylation sites (tertiary alicyclic amines) is 1. The highest BCUT2D eigenvalue weighted by Gasteiger charge is 2.31. The Balaban J connectivity index is 1.67. The fourth-order valence-electron chi connectivity index (χ4n) is 3.00. The second kappa shape index (κ2) is 6.01. The molecule has 2 aliphatic heterocycles. The van der Waals surface area contributed by atoms with Gasteiger partial charge in [0.1, 0.15) is 5.01 Å². The molecule has 104 valence electrons. The van der Waals surface area contributed by atoms with Gasteiger partial charge in [-0.3, -0.25) is 4.79 Å². The van der Waals surface area contributed by atoms with Gasteiger partial charge in [0.25, 0.3) is 0 Å². The van der Waals surface area contributed by atoms with Crippen LogP contribution in [0.25, 0.3) is 0 Å². The lowest BCUT2D eigenvalue weighted by atomic mass is 10.0. The van der Waals surface area contributed by atoms with Crippen LogP contribution < -0.4 is 0 Å². The van der Waals surface area contributed by atoms with Gasteiger partial charge in [-0.2, -0.15) is 0 Å². The molecular formula is C14H20N2O2S. The lowest BCUT2D eigenvalue weighted by Gasteiger charge is -2.35. The summed E-state index contributed by atoms with van der Waals surface area (Å²) < 4.78 is 5.58. The number of hydrogen-bond donors (Lipinski definition) is 0. The van der Waals surface area contributed by atoms with Crippen LogP contribution in [-0.2, 0) is 9.53 Å². The van der Waals surface area contributed by atoms with Crippen molar-refractivity contribution >= 4 is 17.2 Å². The lowest BCUT2D eigenvalue weighted by molar-refractivity contribution is -0.137. The molecule has 0 aliphatic carbocycles. The van der Waals surface area contributed by atoms with E-state index in [2.05, 4.69) is 4.98 Å². The van der Waals surface area contributed by atoms with Crippen molar-refractivity contribution in [3.63, 3.8) is 0 Å². The first-order valence-corrected chi connectivity index (χ1v) is 8.03. The van der Waals surface area contributed by atoms with Crippen LogP contribution in [0.5, 0.6) is 0 Å². The molecule has 0 aromatic carbocycles. The molecular weight excluding hydrogens is 260 g/mol. The molecule has 19 heavy (non-hydrogen) atoms. The number of amides is 1. The molecule has 3 rings (SSSR count). The quantitative estimate of drug-likeness (QED) is 0.855. The summed E-state index contributed by atoms with van der Waals surface area (Å²) in [6.07, 6.45) is 7.98. The summed E-state index contributed by atoms with van der Waals surface area (Å²) in [5, 5.41) is 3.08. The number of carbonyl (C=O) groups excluding carboxylic acids is 1. The van der Waals surface area contributed by atoms with E-state index in [1.807, 2.05) is 16.5 Å². The van der Waals surface area contributed by atoms with Crippen LogP contribution in [0.2, 0.25) is 0 Å². The molecule has 2 saturated heterocycles. The number of rotatable bonds is 3. The predicted molar refractivity (Wildman–Crippen MR) is 74.0 cm³/mol. The van der Waals surface area contributed by atoms with E-state index in [1.165, 1.54) is 6.42 Å². The molecule has 1 amide bonds. The number of carbonyl (C=O) groups is 1. The molecule has 5 heteroatoms. The number of piperidine rings is 1. The fraction of sp³-hybridized carbons (Fsp3) is 0.714. The first-order valence-electron chi connectivity index (χ1n) is 7.15. The highest BCUT2D eigenvalue weighted by Crippen LogP contribution is 2.33. The average molecular weight is 280 g/mol. The van der Waals surface area contributed by atoms with Gasteiger partial charge in [0.05, 0.1) is 18.6 Å². The molecule has 0 N–H and O–H groups in total. The zero-order chi connectivity index (χ0) is 13.1. The zero-order valence-electron chi connectivity index (χ0n) is 11.1. The summed E-state index contributed by atoms with van der Waals surface area (Å²) in [4.78, 5) is 18.9. The molecule has 1 aromatic rings. The minimum Gasteiger partial charge on any atom is -0.378 e. The van der Waals surface area contributed by atoms with E-state index < -0.39 is 0 Å². The normalized spacial score (nSPS) is 27.7. The van der Waals surface area contributed by atoms with Gasteiger partial charge >= 0.3 is 0 Å². The van der Waals surface area contributed by atoms with Crippen LogP contribution in [0.1, 0.15) is 49.6 Å². The second-order valence-corrected chi connectivity index (χ2v) is 6.23. The Morgan fingerprint density at radius 2 is 2.37 bits per heavy atom. The second-order valence-electron chi connectivity index (χ2n) is 5.31. The van der Waals surface area contributed by atoms with Crippen LogP contribution in [0.3, 0.4) is 0 Å². The predicted octanol–water partition coefficient (Wildman–Crippen LogP) is 2.77. The van der Waals surface area contributed by atoms with Gasteiger partial charge in [-0.15, -0.1) is 11.3 Å². The maximum absolute atomic E-state index is 12.5. The van der Waals surface area contributed by atoms with Gasteiger partial charge in [0, 0.05) is 24.7 Å². The third-order valence-corrected chi connectivity index (χ3v) is 4.86. The molecule has 2 atom stereocenters. The number of nitrogens with zero attached hydrogens (tertiary/aromatic N) is 2. The van der Waals surface area contributed by atoms with E-state index in [0.29, 0.717) is 6.42 Å². The van der Waals surface area contributed by atoms with Crippen molar-refractivity contribution in [1.29, 1.82) is 0 Å². The Morgan fingerprint density at radius 1 is 1.42 bits per heavy atom. The highest BCUT2D eigenvalue weighted by atomic mass is 32.1. The molecule has 2 aliphatic rings. The summed E-state index contributed by atoms with van der Waals surface area (Å²) in [5.41, 5.74) is 0. The molecule has 0 bridgehead atoms. The third-order valence-electron chi connectivity index (χ3n) is 3.99. The Bertz CT molecular complexity index is 415. The van der Waals surface area contributed by atoms with Crippen LogP contribution >= 0.6 is 11.3 Å². The monoisotopic (exact) mass is 280 g/mol. The van der Waals surface area contributed by atoms with Crippen molar-refractivity contribution < 1.29 is 9.53 Å². The fourth-order valence-corrected chi connectivity index (χ4v) is 3.79. The molecule has 2 fully saturated rings. The summed E-state index contributed by atoms with van der Waals surface area (Å²) in [6, 6.07) is 0.197. The van der Waals surface area contributed by atoms with E-state index in [0.717, 1.165) is 43.8 Å². The Kier molecular flexibility index (Phi) is 4.13. The van der Waals surface area contributed by atoms with Gasteiger partial charge in [0.15, 0.2) is 0 Å². The number of thiazole rings is 1. The maximum atomic E-state index is 12.5. The molecule has 1 aromatic heterocycles. The van der Waals surface area contributed by atoms with Crippen LogP contribution in [-0.4, -0.2) is 35.0 Å². The molecule has 0 spiro atoms. The van der Waals surface area contributed by atoms with Crippen molar-refractivity contribution in [2.45, 2.75) is 50.7 Å². The van der Waals surface area contributed by atoms with Crippen molar-refractivity contribution in [3.05, 3.63) is 16.6 Å². The summed E-state index contributed by atoms with van der Waals surface area (Å²) in [5.74, 6) is 0.242. The standard InChI is InChI=1S/C14H20N2O2S/c17-13(10-11-4-3-8-18-11)16-7-2-1-5-12(16)14-15-6-9-19-14/h6,9,11-12H,1-5,7-8,10H2/t11-,12-/m1/s1. The lowest BCUT2D eigenvalue weighted by Crippen LogP contribution is -2.39. The molecule has 0 radical (unpaired) electrons. The zero-order valence-corrected chi connectivity index (χ0v) is 11.9. The van der Waals surface area contributed by atoms with Crippen molar-refractivity contribution in [3.8, 4) is 0 Å². The Labute approximate surface area is 117 Å². The molecule has 0 unspecified atom stereocenters. The van der Waals surface area contributed by atoms with E-state index >= 15 is 0 Å². The number of hydrogen-bond acceptors (Lipinski definition) is 4. The Morgan fingerprint density at radius 3 is 3.11 bits per heavy atom. The molecule has 3 heterocycles. The largest absolute Gasteiger partial charge is 0.378 e. The van der Waals surface area contributed by atoms with Gasteiger partial charge < -0.3 is 9.64 Å². The smallest absolute Gasteiger partial charge is 0.225 e. The number of aromatic nitrogens is 1. The van der Waals surface area contributed by atoms with Crippen LogP contribution in [0, 0.1) is 0 Å². The van der Waals surface area contributed by atoms with E-state index in [1.54, 1.807) is 11.3 Å². The van der Waals surface area contributed by atoms with Crippen molar-refractivity contribution in [2.24, 2.45) is 0 Å². The van der Waals surface area contributed by atoms with Crippen LogP contribution in [0.4, 0.5) is 0 Å². The minimum atomic E-state index is 0.145. The van der Waals surface area contributed by atoms with Gasteiger partial charge in [-0.25, -0.2) is 4.98 Å². The van der Waals surface area contributed by atoms with E-state index in [4.69, 9.17) is 4.74 Å².